The van der Waals surface area contributed by atoms with Crippen LogP contribution in [0.2, 0.25) is 0 Å². The summed E-state index contributed by atoms with van der Waals surface area (Å²) >= 11 is 3.26. The molecule has 0 unspecified atom stereocenters. The van der Waals surface area contributed by atoms with Gasteiger partial charge in [-0.3, -0.25) is 0 Å². The molecule has 0 spiro atoms. The second kappa shape index (κ2) is 3.23. The fourth-order valence-corrected chi connectivity index (χ4v) is 1.68. The summed E-state index contributed by atoms with van der Waals surface area (Å²) in [7, 11) is 0. The molecule has 1 aromatic heterocycles. The third-order valence-electron chi connectivity index (χ3n) is 2.24. The van der Waals surface area contributed by atoms with E-state index in [4.69, 9.17) is 10.2 Å². The number of halogens is 1. The van der Waals surface area contributed by atoms with Gasteiger partial charge in [-0.25, -0.2) is 0 Å². The van der Waals surface area contributed by atoms with E-state index in [-0.39, 0.29) is 6.04 Å². The zero-order valence-corrected chi connectivity index (χ0v) is 8.38. The molecule has 1 saturated carbocycles. The molecule has 3 heteroatoms. The standard InChI is InChI=1S/C9H12BrNO/c10-9-4-3-8(12-9)7(11)5-6-1-2-6/h3-4,6-7H,1-2,5,11H2/t7-/m1/s1. The van der Waals surface area contributed by atoms with Crippen LogP contribution in [0.1, 0.15) is 31.1 Å². The van der Waals surface area contributed by atoms with Crippen LogP contribution >= 0.6 is 15.9 Å². The van der Waals surface area contributed by atoms with Gasteiger partial charge < -0.3 is 10.2 Å². The molecule has 1 aromatic rings. The number of nitrogens with two attached hydrogens (primary N) is 1. The van der Waals surface area contributed by atoms with Gasteiger partial charge in [-0.1, -0.05) is 12.8 Å². The Morgan fingerprint density at radius 2 is 2.33 bits per heavy atom. The van der Waals surface area contributed by atoms with Gasteiger partial charge in [0.05, 0.1) is 6.04 Å². The zero-order chi connectivity index (χ0) is 8.55. The summed E-state index contributed by atoms with van der Waals surface area (Å²) in [6.45, 7) is 0. The van der Waals surface area contributed by atoms with Crippen molar-refractivity contribution < 1.29 is 4.42 Å². The van der Waals surface area contributed by atoms with E-state index in [0.29, 0.717) is 0 Å². The maximum Gasteiger partial charge on any atom is 0.169 e. The first-order chi connectivity index (χ1) is 5.75. The Hall–Kier alpha value is -0.280. The molecule has 2 rings (SSSR count). The number of hydrogen-bond acceptors (Lipinski definition) is 2. The average Bonchev–Trinajstić information content (AvgIpc) is 2.72. The van der Waals surface area contributed by atoms with Crippen LogP contribution < -0.4 is 5.73 Å². The Morgan fingerprint density at radius 1 is 1.58 bits per heavy atom. The fraction of sp³-hybridized carbons (Fsp3) is 0.556. The van der Waals surface area contributed by atoms with Crippen molar-refractivity contribution in [3.63, 3.8) is 0 Å². The summed E-state index contributed by atoms with van der Waals surface area (Å²) in [5.74, 6) is 1.75. The van der Waals surface area contributed by atoms with Gasteiger partial charge in [-0.2, -0.15) is 0 Å². The minimum absolute atomic E-state index is 0.0869. The Balaban J connectivity index is 1.97. The fourth-order valence-electron chi connectivity index (χ4n) is 1.36. The number of hydrogen-bond donors (Lipinski definition) is 1. The van der Waals surface area contributed by atoms with Crippen molar-refractivity contribution in [3.05, 3.63) is 22.6 Å². The molecule has 1 heterocycles. The quantitative estimate of drug-likeness (QED) is 0.867. The number of furan rings is 1. The topological polar surface area (TPSA) is 39.2 Å². The van der Waals surface area contributed by atoms with Gasteiger partial charge >= 0.3 is 0 Å². The molecule has 0 radical (unpaired) electrons. The minimum Gasteiger partial charge on any atom is -0.453 e. The molecule has 1 aliphatic carbocycles. The lowest BCUT2D eigenvalue weighted by Gasteiger charge is -2.06. The maximum atomic E-state index is 5.93. The highest BCUT2D eigenvalue weighted by Crippen LogP contribution is 2.37. The first-order valence-corrected chi connectivity index (χ1v) is 5.06. The van der Waals surface area contributed by atoms with E-state index >= 15 is 0 Å². The van der Waals surface area contributed by atoms with Gasteiger partial charge in [0, 0.05) is 0 Å². The van der Waals surface area contributed by atoms with Gasteiger partial charge in [0.1, 0.15) is 5.76 Å². The lowest BCUT2D eigenvalue weighted by Crippen LogP contribution is -2.09. The van der Waals surface area contributed by atoms with E-state index in [1.165, 1.54) is 12.8 Å². The first-order valence-electron chi connectivity index (χ1n) is 4.26. The molecule has 1 aliphatic rings. The lowest BCUT2D eigenvalue weighted by atomic mass is 10.1. The van der Waals surface area contributed by atoms with Crippen molar-refractivity contribution >= 4 is 15.9 Å². The monoisotopic (exact) mass is 229 g/mol. The smallest absolute Gasteiger partial charge is 0.169 e. The molecular formula is C9H12BrNO. The molecule has 0 aromatic carbocycles. The Kier molecular flexibility index (Phi) is 2.24. The summed E-state index contributed by atoms with van der Waals surface area (Å²) in [5, 5.41) is 0. The van der Waals surface area contributed by atoms with Crippen molar-refractivity contribution in [1.29, 1.82) is 0 Å². The Labute approximate surface area is 80.3 Å². The van der Waals surface area contributed by atoms with Gasteiger partial charge in [0.2, 0.25) is 0 Å². The van der Waals surface area contributed by atoms with Crippen molar-refractivity contribution in [1.82, 2.24) is 0 Å². The summed E-state index contributed by atoms with van der Waals surface area (Å²) in [4.78, 5) is 0. The van der Waals surface area contributed by atoms with Crippen LogP contribution in [0.15, 0.2) is 21.2 Å². The molecule has 0 saturated heterocycles. The lowest BCUT2D eigenvalue weighted by molar-refractivity contribution is 0.427. The second-order valence-electron chi connectivity index (χ2n) is 3.43. The molecular weight excluding hydrogens is 218 g/mol. The summed E-state index contributed by atoms with van der Waals surface area (Å²) in [5.41, 5.74) is 5.93. The van der Waals surface area contributed by atoms with Crippen LogP contribution in [-0.4, -0.2) is 0 Å². The molecule has 0 bridgehead atoms. The van der Waals surface area contributed by atoms with Gasteiger partial charge in [0.15, 0.2) is 4.67 Å². The van der Waals surface area contributed by atoms with Gasteiger partial charge in [-0.15, -0.1) is 0 Å². The van der Waals surface area contributed by atoms with Crippen LogP contribution in [-0.2, 0) is 0 Å². The van der Waals surface area contributed by atoms with E-state index in [2.05, 4.69) is 15.9 Å². The predicted molar refractivity (Wildman–Crippen MR) is 50.7 cm³/mol. The average molecular weight is 230 g/mol. The van der Waals surface area contributed by atoms with Gasteiger partial charge in [0.25, 0.3) is 0 Å². The first kappa shape index (κ1) is 8.32. The zero-order valence-electron chi connectivity index (χ0n) is 6.79. The van der Waals surface area contributed by atoms with E-state index in [0.717, 1.165) is 22.8 Å². The Bertz CT molecular complexity index is 267. The largest absolute Gasteiger partial charge is 0.453 e. The summed E-state index contributed by atoms with van der Waals surface area (Å²) < 4.78 is 6.13. The van der Waals surface area contributed by atoms with Crippen molar-refractivity contribution in [2.24, 2.45) is 11.7 Å². The van der Waals surface area contributed by atoms with E-state index in [1.807, 2.05) is 12.1 Å². The maximum absolute atomic E-state index is 5.93. The van der Waals surface area contributed by atoms with Crippen LogP contribution in [0.4, 0.5) is 0 Å². The molecule has 12 heavy (non-hydrogen) atoms. The molecule has 2 N–H and O–H groups in total. The van der Waals surface area contributed by atoms with Crippen molar-refractivity contribution in [2.45, 2.75) is 25.3 Å². The minimum atomic E-state index is 0.0869. The second-order valence-corrected chi connectivity index (χ2v) is 4.21. The highest BCUT2D eigenvalue weighted by molar-refractivity contribution is 9.10. The van der Waals surface area contributed by atoms with Crippen molar-refractivity contribution in [2.75, 3.05) is 0 Å². The van der Waals surface area contributed by atoms with Crippen LogP contribution in [0.5, 0.6) is 0 Å². The van der Waals surface area contributed by atoms with Crippen LogP contribution in [0.3, 0.4) is 0 Å². The molecule has 2 nitrogen and oxygen atoms in total. The molecule has 0 aliphatic heterocycles. The highest BCUT2D eigenvalue weighted by atomic mass is 79.9. The molecule has 66 valence electrons. The van der Waals surface area contributed by atoms with E-state index < -0.39 is 0 Å². The third kappa shape index (κ3) is 1.90. The summed E-state index contributed by atoms with van der Waals surface area (Å²) in [6.07, 6.45) is 3.76. The number of rotatable bonds is 3. The highest BCUT2D eigenvalue weighted by Gasteiger charge is 2.25. The van der Waals surface area contributed by atoms with Crippen LogP contribution in [0, 0.1) is 5.92 Å². The SMILES string of the molecule is N[C@H](CC1CC1)c1ccc(Br)o1. The predicted octanol–water partition coefficient (Wildman–Crippen LogP) is 2.84. The normalized spacial score (nSPS) is 19.5. The molecule has 1 atom stereocenters. The van der Waals surface area contributed by atoms with Crippen LogP contribution in [0.25, 0.3) is 0 Å². The van der Waals surface area contributed by atoms with E-state index in [1.54, 1.807) is 0 Å². The summed E-state index contributed by atoms with van der Waals surface area (Å²) in [6, 6.07) is 3.92. The molecule has 1 fully saturated rings. The third-order valence-corrected chi connectivity index (χ3v) is 2.67. The van der Waals surface area contributed by atoms with E-state index in [9.17, 15) is 0 Å². The van der Waals surface area contributed by atoms with Crippen molar-refractivity contribution in [3.8, 4) is 0 Å². The Morgan fingerprint density at radius 3 is 2.83 bits per heavy atom. The van der Waals surface area contributed by atoms with Gasteiger partial charge in [-0.05, 0) is 40.4 Å². The molecule has 0 amide bonds.